The molecule has 1 amide bonds. The first-order chi connectivity index (χ1) is 11.2. The number of terminal acetylenes is 1. The van der Waals surface area contributed by atoms with E-state index < -0.39 is 0 Å². The van der Waals surface area contributed by atoms with E-state index >= 15 is 0 Å². The zero-order valence-corrected chi connectivity index (χ0v) is 13.4. The van der Waals surface area contributed by atoms with Crippen LogP contribution in [0.15, 0.2) is 33.0 Å². The molecule has 5 heteroatoms. The van der Waals surface area contributed by atoms with Gasteiger partial charge in [0.1, 0.15) is 5.76 Å². The van der Waals surface area contributed by atoms with Crippen molar-refractivity contribution in [1.82, 2.24) is 4.90 Å². The predicted octanol–water partition coefficient (Wildman–Crippen LogP) is 4.08. The van der Waals surface area contributed by atoms with Gasteiger partial charge in [-0.15, -0.1) is 12.3 Å². The molecule has 5 nitrogen and oxygen atoms in total. The van der Waals surface area contributed by atoms with Crippen molar-refractivity contribution in [2.45, 2.75) is 63.1 Å². The zero-order valence-electron chi connectivity index (χ0n) is 13.4. The molecule has 0 spiro atoms. The maximum atomic E-state index is 12.8. The van der Waals surface area contributed by atoms with Gasteiger partial charge >= 0.3 is 0 Å². The SMILES string of the molecule is C#CCCC1(CCC(=O)N2CCCCCC2c2ccco2)N=N1. The Bertz CT molecular complexity index is 594. The highest BCUT2D eigenvalue weighted by molar-refractivity contribution is 5.76. The van der Waals surface area contributed by atoms with Crippen LogP contribution >= 0.6 is 0 Å². The number of nitrogens with zero attached hydrogens (tertiary/aromatic N) is 3. The van der Waals surface area contributed by atoms with Gasteiger partial charge in [-0.3, -0.25) is 4.79 Å². The van der Waals surface area contributed by atoms with Crippen molar-refractivity contribution in [2.24, 2.45) is 10.2 Å². The lowest BCUT2D eigenvalue weighted by Crippen LogP contribution is -2.35. The van der Waals surface area contributed by atoms with E-state index in [1.54, 1.807) is 6.26 Å². The van der Waals surface area contributed by atoms with Crippen LogP contribution in [0.2, 0.25) is 0 Å². The Morgan fingerprint density at radius 1 is 1.39 bits per heavy atom. The average Bonchev–Trinajstić information content (AvgIpc) is 3.22. The summed E-state index contributed by atoms with van der Waals surface area (Å²) in [5.41, 5.74) is -0.381. The second kappa shape index (κ2) is 6.99. The van der Waals surface area contributed by atoms with E-state index in [0.717, 1.165) is 44.4 Å². The lowest BCUT2D eigenvalue weighted by atomic mass is 10.0. The normalized spacial score (nSPS) is 22.4. The topological polar surface area (TPSA) is 58.2 Å². The molecule has 1 atom stereocenters. The minimum atomic E-state index is -0.381. The first-order valence-electron chi connectivity index (χ1n) is 8.44. The fourth-order valence-electron chi connectivity index (χ4n) is 3.30. The van der Waals surface area contributed by atoms with Gasteiger partial charge in [-0.25, -0.2) is 0 Å². The summed E-state index contributed by atoms with van der Waals surface area (Å²) in [4.78, 5) is 14.8. The van der Waals surface area contributed by atoms with E-state index in [2.05, 4.69) is 16.1 Å². The molecule has 1 unspecified atom stereocenters. The summed E-state index contributed by atoms with van der Waals surface area (Å²) in [7, 11) is 0. The van der Waals surface area contributed by atoms with Crippen LogP contribution in [-0.2, 0) is 4.79 Å². The number of rotatable bonds is 6. The molecule has 0 N–H and O–H groups in total. The van der Waals surface area contributed by atoms with Crippen molar-refractivity contribution < 1.29 is 9.21 Å². The molecule has 0 aliphatic carbocycles. The standard InChI is InChI=1S/C18H23N3O2/c1-2-3-11-18(19-20-18)12-10-17(22)21-13-6-4-5-8-15(21)16-9-7-14-23-16/h1,7,9,14-15H,3-6,8,10-13H2. The third kappa shape index (κ3) is 3.82. The van der Waals surface area contributed by atoms with Crippen molar-refractivity contribution in [3.63, 3.8) is 0 Å². The Balaban J connectivity index is 1.61. The Morgan fingerprint density at radius 2 is 2.26 bits per heavy atom. The molecule has 1 saturated heterocycles. The molecule has 2 aliphatic rings. The largest absolute Gasteiger partial charge is 0.467 e. The number of likely N-dealkylation sites (tertiary alicyclic amines) is 1. The molecular formula is C18H23N3O2. The number of hydrogen-bond donors (Lipinski definition) is 0. The van der Waals surface area contributed by atoms with Gasteiger partial charge in [0.05, 0.1) is 12.3 Å². The van der Waals surface area contributed by atoms with Crippen LogP contribution in [0.5, 0.6) is 0 Å². The minimum absolute atomic E-state index is 0.0646. The molecule has 3 heterocycles. The third-order valence-corrected chi connectivity index (χ3v) is 4.74. The van der Waals surface area contributed by atoms with Gasteiger partial charge in [-0.2, -0.15) is 10.2 Å². The van der Waals surface area contributed by atoms with Crippen molar-refractivity contribution in [3.05, 3.63) is 24.2 Å². The van der Waals surface area contributed by atoms with E-state index in [4.69, 9.17) is 10.8 Å². The van der Waals surface area contributed by atoms with Crippen LogP contribution in [0.25, 0.3) is 0 Å². The van der Waals surface area contributed by atoms with Gasteiger partial charge in [0.15, 0.2) is 5.66 Å². The number of carbonyl (C=O) groups excluding carboxylic acids is 1. The highest BCUT2D eigenvalue weighted by Crippen LogP contribution is 2.38. The maximum absolute atomic E-state index is 12.8. The highest BCUT2D eigenvalue weighted by atomic mass is 16.3. The number of amides is 1. The molecule has 1 fully saturated rings. The summed E-state index contributed by atoms with van der Waals surface area (Å²) in [5.74, 6) is 3.68. The van der Waals surface area contributed by atoms with Gasteiger partial charge < -0.3 is 9.32 Å². The first kappa shape index (κ1) is 15.8. The molecule has 3 rings (SSSR count). The van der Waals surface area contributed by atoms with Crippen LogP contribution < -0.4 is 0 Å². The maximum Gasteiger partial charge on any atom is 0.223 e. The summed E-state index contributed by atoms with van der Waals surface area (Å²) in [6, 6.07) is 3.92. The molecule has 23 heavy (non-hydrogen) atoms. The summed E-state index contributed by atoms with van der Waals surface area (Å²) < 4.78 is 5.57. The molecule has 1 aromatic rings. The summed E-state index contributed by atoms with van der Waals surface area (Å²) in [6.07, 6.45) is 13.8. The summed E-state index contributed by atoms with van der Waals surface area (Å²) in [6.45, 7) is 0.801. The molecule has 122 valence electrons. The monoisotopic (exact) mass is 313 g/mol. The molecule has 0 radical (unpaired) electrons. The van der Waals surface area contributed by atoms with Crippen molar-refractivity contribution in [3.8, 4) is 12.3 Å². The van der Waals surface area contributed by atoms with E-state index in [9.17, 15) is 4.79 Å². The van der Waals surface area contributed by atoms with E-state index in [-0.39, 0.29) is 17.6 Å². The molecule has 1 aromatic heterocycles. The van der Waals surface area contributed by atoms with Crippen LogP contribution in [0.4, 0.5) is 0 Å². The Morgan fingerprint density at radius 3 is 2.96 bits per heavy atom. The molecule has 0 saturated carbocycles. The fraction of sp³-hybridized carbons (Fsp3) is 0.611. The Labute approximate surface area is 137 Å². The van der Waals surface area contributed by atoms with Crippen molar-refractivity contribution in [2.75, 3.05) is 6.54 Å². The summed E-state index contributed by atoms with van der Waals surface area (Å²) >= 11 is 0. The van der Waals surface area contributed by atoms with Gasteiger partial charge in [0, 0.05) is 32.2 Å². The first-order valence-corrected chi connectivity index (χ1v) is 8.44. The van der Waals surface area contributed by atoms with Crippen LogP contribution in [0.3, 0.4) is 0 Å². The zero-order chi connectivity index (χ0) is 16.1. The van der Waals surface area contributed by atoms with Gasteiger partial charge in [-0.05, 0) is 25.0 Å². The average molecular weight is 313 g/mol. The van der Waals surface area contributed by atoms with E-state index in [0.29, 0.717) is 19.3 Å². The number of hydrogen-bond acceptors (Lipinski definition) is 4. The number of furan rings is 1. The third-order valence-electron chi connectivity index (χ3n) is 4.74. The van der Waals surface area contributed by atoms with Crippen molar-refractivity contribution >= 4 is 5.91 Å². The van der Waals surface area contributed by atoms with Gasteiger partial charge in [-0.1, -0.05) is 12.8 Å². The predicted molar refractivity (Wildman–Crippen MR) is 86.5 cm³/mol. The van der Waals surface area contributed by atoms with Crippen LogP contribution in [0, 0.1) is 12.3 Å². The minimum Gasteiger partial charge on any atom is -0.467 e. The van der Waals surface area contributed by atoms with E-state index in [1.807, 2.05) is 17.0 Å². The Hall–Kier alpha value is -2.09. The van der Waals surface area contributed by atoms with Crippen molar-refractivity contribution in [1.29, 1.82) is 0 Å². The smallest absolute Gasteiger partial charge is 0.223 e. The molecular weight excluding hydrogens is 290 g/mol. The second-order valence-electron chi connectivity index (χ2n) is 6.35. The van der Waals surface area contributed by atoms with E-state index in [1.165, 1.54) is 0 Å². The van der Waals surface area contributed by atoms with Crippen LogP contribution in [0.1, 0.15) is 63.2 Å². The highest BCUT2D eigenvalue weighted by Gasteiger charge is 2.40. The second-order valence-corrected chi connectivity index (χ2v) is 6.35. The fourth-order valence-corrected chi connectivity index (χ4v) is 3.30. The Kier molecular flexibility index (Phi) is 4.80. The summed E-state index contributed by atoms with van der Waals surface area (Å²) in [5, 5.41) is 8.23. The molecule has 0 bridgehead atoms. The van der Waals surface area contributed by atoms with Gasteiger partial charge in [0.25, 0.3) is 0 Å². The van der Waals surface area contributed by atoms with Crippen LogP contribution in [-0.4, -0.2) is 23.0 Å². The molecule has 0 aromatic carbocycles. The number of carbonyl (C=O) groups is 1. The molecule has 2 aliphatic heterocycles. The quantitative estimate of drug-likeness (QED) is 0.743. The lowest BCUT2D eigenvalue weighted by molar-refractivity contribution is -0.134. The lowest BCUT2D eigenvalue weighted by Gasteiger charge is -2.29. The van der Waals surface area contributed by atoms with Gasteiger partial charge in [0.2, 0.25) is 5.91 Å².